The van der Waals surface area contributed by atoms with Crippen molar-refractivity contribution in [3.05, 3.63) is 41.7 Å². The second kappa shape index (κ2) is 7.90. The van der Waals surface area contributed by atoms with Crippen molar-refractivity contribution >= 4 is 32.6 Å². The number of carbonyl (C=O) groups is 1. The molecular weight excluding hydrogens is 388 g/mol. The van der Waals surface area contributed by atoms with Crippen LogP contribution in [0.5, 0.6) is 0 Å². The summed E-state index contributed by atoms with van der Waals surface area (Å²) in [6.45, 7) is 3.87. The Labute approximate surface area is 164 Å². The van der Waals surface area contributed by atoms with Gasteiger partial charge in [0.25, 0.3) is 5.91 Å². The minimum atomic E-state index is -0.737. The molecule has 1 saturated heterocycles. The maximum absolute atomic E-state index is 14.1. The van der Waals surface area contributed by atoms with Crippen molar-refractivity contribution in [3.8, 4) is 0 Å². The zero-order valence-electron chi connectivity index (χ0n) is 15.3. The van der Waals surface area contributed by atoms with Crippen molar-refractivity contribution in [3.63, 3.8) is 0 Å². The summed E-state index contributed by atoms with van der Waals surface area (Å²) in [4.78, 5) is 21.1. The molecule has 0 radical (unpaired) electrons. The summed E-state index contributed by atoms with van der Waals surface area (Å²) in [5.41, 5.74) is 0.462. The number of hydrogen-bond acceptors (Lipinski definition) is 6. The molecular formula is C18H19F2N5O2S. The van der Waals surface area contributed by atoms with Crippen molar-refractivity contribution in [2.45, 2.75) is 0 Å². The topological polar surface area (TPSA) is 63.5 Å². The summed E-state index contributed by atoms with van der Waals surface area (Å²) >= 11 is 1.09. The molecule has 0 atom stereocenters. The van der Waals surface area contributed by atoms with Gasteiger partial charge in [0.15, 0.2) is 10.9 Å². The highest BCUT2D eigenvalue weighted by Crippen LogP contribution is 2.31. The molecule has 3 heterocycles. The van der Waals surface area contributed by atoms with Crippen molar-refractivity contribution in [2.24, 2.45) is 7.05 Å². The molecule has 1 aliphatic rings. The van der Waals surface area contributed by atoms with E-state index in [9.17, 15) is 13.6 Å². The molecule has 1 aliphatic heterocycles. The van der Waals surface area contributed by atoms with E-state index in [2.05, 4.69) is 15.0 Å². The monoisotopic (exact) mass is 407 g/mol. The number of rotatable bonds is 5. The first-order chi connectivity index (χ1) is 13.5. The zero-order valence-corrected chi connectivity index (χ0v) is 16.1. The molecule has 0 N–H and O–H groups in total. The Morgan fingerprint density at radius 2 is 2.11 bits per heavy atom. The molecule has 4 rings (SSSR count). The SMILES string of the molecule is Cn1nccc1C(=O)N(CCN1CCOCC1)c1nc2c(F)cc(F)cc2s1. The molecule has 2 aromatic heterocycles. The van der Waals surface area contributed by atoms with Gasteiger partial charge in [-0.3, -0.25) is 19.3 Å². The highest BCUT2D eigenvalue weighted by atomic mass is 32.1. The van der Waals surface area contributed by atoms with Crippen molar-refractivity contribution in [1.29, 1.82) is 0 Å². The number of thiazole rings is 1. The van der Waals surface area contributed by atoms with Gasteiger partial charge in [-0.05, 0) is 12.1 Å². The van der Waals surface area contributed by atoms with E-state index < -0.39 is 11.6 Å². The van der Waals surface area contributed by atoms with Gasteiger partial charge in [-0.2, -0.15) is 5.10 Å². The van der Waals surface area contributed by atoms with Crippen LogP contribution in [-0.4, -0.2) is 65.0 Å². The van der Waals surface area contributed by atoms with Crippen molar-refractivity contribution in [2.75, 3.05) is 44.3 Å². The fourth-order valence-electron chi connectivity index (χ4n) is 3.13. The second-order valence-corrected chi connectivity index (χ2v) is 7.49. The summed E-state index contributed by atoms with van der Waals surface area (Å²) in [5.74, 6) is -1.69. The predicted octanol–water partition coefficient (Wildman–Crippen LogP) is 2.29. The first kappa shape index (κ1) is 18.9. The van der Waals surface area contributed by atoms with Crippen LogP contribution in [0.15, 0.2) is 24.4 Å². The first-order valence-electron chi connectivity index (χ1n) is 8.88. The van der Waals surface area contributed by atoms with Gasteiger partial charge in [-0.15, -0.1) is 0 Å². The summed E-state index contributed by atoms with van der Waals surface area (Å²) in [6, 6.07) is 3.65. The third-order valence-corrected chi connectivity index (χ3v) is 5.69. The fourth-order valence-corrected chi connectivity index (χ4v) is 4.16. The highest BCUT2D eigenvalue weighted by molar-refractivity contribution is 7.22. The Balaban J connectivity index is 1.66. The Bertz CT molecular complexity index is 999. The average Bonchev–Trinajstić information content (AvgIpc) is 3.29. The number of benzene rings is 1. The maximum atomic E-state index is 14.1. The molecule has 0 bridgehead atoms. The summed E-state index contributed by atoms with van der Waals surface area (Å²) in [5, 5.41) is 4.38. The number of nitrogens with zero attached hydrogens (tertiary/aromatic N) is 5. The van der Waals surface area contributed by atoms with E-state index in [1.807, 2.05) is 0 Å². The lowest BCUT2D eigenvalue weighted by atomic mass is 10.3. The minimum Gasteiger partial charge on any atom is -0.379 e. The van der Waals surface area contributed by atoms with Gasteiger partial charge in [0, 0.05) is 45.5 Å². The van der Waals surface area contributed by atoms with Crippen LogP contribution in [0.1, 0.15) is 10.5 Å². The Kier molecular flexibility index (Phi) is 5.33. The number of halogens is 2. The number of aryl methyl sites for hydroxylation is 1. The molecule has 0 aliphatic carbocycles. The lowest BCUT2D eigenvalue weighted by molar-refractivity contribution is 0.0391. The molecule has 3 aromatic rings. The Morgan fingerprint density at radius 3 is 2.82 bits per heavy atom. The molecule has 1 aromatic carbocycles. The summed E-state index contributed by atoms with van der Waals surface area (Å²) < 4.78 is 34.9. The van der Waals surface area contributed by atoms with Crippen LogP contribution in [0.25, 0.3) is 10.2 Å². The lowest BCUT2D eigenvalue weighted by Crippen LogP contribution is -2.43. The summed E-state index contributed by atoms with van der Waals surface area (Å²) in [7, 11) is 1.68. The number of anilines is 1. The normalized spacial score (nSPS) is 15.2. The van der Waals surface area contributed by atoms with Gasteiger partial charge in [0.1, 0.15) is 17.0 Å². The molecule has 0 saturated carbocycles. The van der Waals surface area contributed by atoms with Crippen LogP contribution in [0.3, 0.4) is 0 Å². The number of ether oxygens (including phenoxy) is 1. The van der Waals surface area contributed by atoms with Crippen molar-refractivity contribution in [1.82, 2.24) is 19.7 Å². The van der Waals surface area contributed by atoms with Crippen LogP contribution >= 0.6 is 11.3 Å². The molecule has 10 heteroatoms. The molecule has 1 amide bonds. The van der Waals surface area contributed by atoms with Crippen LogP contribution in [0.4, 0.5) is 13.9 Å². The number of fused-ring (bicyclic) bond motifs is 1. The number of carbonyl (C=O) groups excluding carboxylic acids is 1. The van der Waals surface area contributed by atoms with E-state index in [-0.39, 0.29) is 11.4 Å². The second-order valence-electron chi connectivity index (χ2n) is 6.48. The van der Waals surface area contributed by atoms with E-state index in [4.69, 9.17) is 4.74 Å². The Hall–Kier alpha value is -2.43. The smallest absolute Gasteiger partial charge is 0.278 e. The summed E-state index contributed by atoms with van der Waals surface area (Å²) in [6.07, 6.45) is 1.54. The molecule has 148 valence electrons. The molecule has 0 spiro atoms. The predicted molar refractivity (Wildman–Crippen MR) is 102 cm³/mol. The lowest BCUT2D eigenvalue weighted by Gasteiger charge is -2.29. The molecule has 7 nitrogen and oxygen atoms in total. The van der Waals surface area contributed by atoms with E-state index in [0.29, 0.717) is 41.8 Å². The van der Waals surface area contributed by atoms with Crippen LogP contribution < -0.4 is 4.90 Å². The van der Waals surface area contributed by atoms with E-state index >= 15 is 0 Å². The average molecular weight is 407 g/mol. The maximum Gasteiger partial charge on any atom is 0.278 e. The van der Waals surface area contributed by atoms with Gasteiger partial charge < -0.3 is 4.74 Å². The Morgan fingerprint density at radius 1 is 1.32 bits per heavy atom. The number of hydrogen-bond donors (Lipinski definition) is 0. The van der Waals surface area contributed by atoms with Gasteiger partial charge in [-0.25, -0.2) is 13.8 Å². The van der Waals surface area contributed by atoms with Gasteiger partial charge in [0.2, 0.25) is 0 Å². The fraction of sp³-hybridized carbons (Fsp3) is 0.389. The van der Waals surface area contributed by atoms with E-state index in [0.717, 1.165) is 30.5 Å². The highest BCUT2D eigenvalue weighted by Gasteiger charge is 2.25. The molecule has 0 unspecified atom stereocenters. The third kappa shape index (κ3) is 3.75. The zero-order chi connectivity index (χ0) is 19.7. The van der Waals surface area contributed by atoms with Gasteiger partial charge >= 0.3 is 0 Å². The van der Waals surface area contributed by atoms with E-state index in [1.54, 1.807) is 19.3 Å². The largest absolute Gasteiger partial charge is 0.379 e. The van der Waals surface area contributed by atoms with Crippen LogP contribution in [-0.2, 0) is 11.8 Å². The number of amides is 1. The van der Waals surface area contributed by atoms with Crippen LogP contribution in [0.2, 0.25) is 0 Å². The molecule has 28 heavy (non-hydrogen) atoms. The number of aromatic nitrogens is 3. The minimum absolute atomic E-state index is 0.0654. The van der Waals surface area contributed by atoms with Gasteiger partial charge in [0.05, 0.1) is 17.9 Å². The quantitative estimate of drug-likeness (QED) is 0.649. The third-order valence-electron chi connectivity index (χ3n) is 4.66. The van der Waals surface area contributed by atoms with Gasteiger partial charge in [-0.1, -0.05) is 11.3 Å². The van der Waals surface area contributed by atoms with Crippen molar-refractivity contribution < 1.29 is 18.3 Å². The van der Waals surface area contributed by atoms with Crippen LogP contribution in [0, 0.1) is 11.6 Å². The standard InChI is InChI=1S/C18H19F2N5O2S/c1-23-14(2-3-21-23)17(26)25(5-4-24-6-8-27-9-7-24)18-22-16-13(20)10-12(19)11-15(16)28-18/h2-3,10-11H,4-9H2,1H3. The van der Waals surface area contributed by atoms with E-state index in [1.165, 1.54) is 15.6 Å². The number of morpholine rings is 1. The first-order valence-corrected chi connectivity index (χ1v) is 9.70. The molecule has 1 fully saturated rings.